The molecule has 2 nitrogen and oxygen atoms in total. The number of hydrogen-bond acceptors (Lipinski definition) is 2. The molecule has 0 saturated heterocycles. The van der Waals surface area contributed by atoms with Gasteiger partial charge < -0.3 is 10.5 Å². The third-order valence-electron chi connectivity index (χ3n) is 3.10. The molecule has 2 rings (SSSR count). The largest absolute Gasteiger partial charge is 0.496 e. The van der Waals surface area contributed by atoms with Crippen LogP contribution in [0.25, 0.3) is 0 Å². The zero-order valence-electron chi connectivity index (χ0n) is 9.39. The highest BCUT2D eigenvalue weighted by Gasteiger charge is 2.56. The van der Waals surface area contributed by atoms with Crippen LogP contribution in [0.15, 0.2) is 18.2 Å². The fourth-order valence-corrected chi connectivity index (χ4v) is 2.50. The summed E-state index contributed by atoms with van der Waals surface area (Å²) in [5, 5.41) is 0. The molecule has 0 heterocycles. The molecule has 1 saturated carbocycles. The van der Waals surface area contributed by atoms with Gasteiger partial charge in [-0.25, -0.2) is 8.78 Å². The Labute approximate surface area is 93.4 Å². The minimum atomic E-state index is -2.64. The van der Waals surface area contributed by atoms with Crippen LogP contribution in [0.5, 0.6) is 5.75 Å². The molecule has 2 N–H and O–H groups in total. The van der Waals surface area contributed by atoms with Crippen LogP contribution >= 0.6 is 0 Å². The highest BCUT2D eigenvalue weighted by molar-refractivity contribution is 5.46. The second kappa shape index (κ2) is 3.42. The molecule has 1 aliphatic rings. The second-order valence-electron chi connectivity index (χ2n) is 4.52. The molecule has 1 aliphatic carbocycles. The Morgan fingerprint density at radius 3 is 2.44 bits per heavy atom. The van der Waals surface area contributed by atoms with E-state index in [-0.39, 0.29) is 12.8 Å². The molecular formula is C12H15F2NO. The standard InChI is InChI=1S/C12H15F2NO/c1-8-4-3-5-9(16-2)10(8)11(15)6-12(13,14)7-11/h3-5H,6-7,15H2,1-2H3. The van der Waals surface area contributed by atoms with E-state index < -0.39 is 11.5 Å². The van der Waals surface area contributed by atoms with Crippen molar-refractivity contribution in [1.82, 2.24) is 0 Å². The fourth-order valence-electron chi connectivity index (χ4n) is 2.50. The summed E-state index contributed by atoms with van der Waals surface area (Å²) >= 11 is 0. The maximum Gasteiger partial charge on any atom is 0.252 e. The van der Waals surface area contributed by atoms with Gasteiger partial charge in [0.1, 0.15) is 5.75 Å². The number of methoxy groups -OCH3 is 1. The van der Waals surface area contributed by atoms with Crippen molar-refractivity contribution in [1.29, 1.82) is 0 Å². The molecule has 1 fully saturated rings. The first-order valence-electron chi connectivity index (χ1n) is 5.19. The molecule has 4 heteroatoms. The molecule has 1 aromatic carbocycles. The van der Waals surface area contributed by atoms with E-state index in [4.69, 9.17) is 10.5 Å². The van der Waals surface area contributed by atoms with Crippen LogP contribution in [-0.2, 0) is 5.54 Å². The fraction of sp³-hybridized carbons (Fsp3) is 0.500. The maximum atomic E-state index is 13.0. The lowest BCUT2D eigenvalue weighted by molar-refractivity contribution is -0.125. The maximum absolute atomic E-state index is 13.0. The summed E-state index contributed by atoms with van der Waals surface area (Å²) in [7, 11) is 1.53. The van der Waals surface area contributed by atoms with Crippen molar-refractivity contribution in [2.24, 2.45) is 5.73 Å². The minimum absolute atomic E-state index is 0.304. The molecule has 16 heavy (non-hydrogen) atoms. The Hall–Kier alpha value is -1.16. The topological polar surface area (TPSA) is 35.2 Å². The van der Waals surface area contributed by atoms with E-state index in [2.05, 4.69) is 0 Å². The van der Waals surface area contributed by atoms with Crippen LogP contribution in [0.4, 0.5) is 8.78 Å². The number of alkyl halides is 2. The lowest BCUT2D eigenvalue weighted by Gasteiger charge is -2.45. The van der Waals surface area contributed by atoms with Crippen molar-refractivity contribution in [3.63, 3.8) is 0 Å². The average Bonchev–Trinajstić information content (AvgIpc) is 2.13. The van der Waals surface area contributed by atoms with Gasteiger partial charge in [0, 0.05) is 18.4 Å². The van der Waals surface area contributed by atoms with E-state index in [1.807, 2.05) is 19.1 Å². The van der Waals surface area contributed by atoms with Crippen LogP contribution < -0.4 is 10.5 Å². The molecule has 1 aromatic rings. The van der Waals surface area contributed by atoms with Crippen molar-refractivity contribution in [2.45, 2.75) is 31.2 Å². The van der Waals surface area contributed by atoms with E-state index in [1.165, 1.54) is 7.11 Å². The van der Waals surface area contributed by atoms with Crippen molar-refractivity contribution >= 4 is 0 Å². The number of halogens is 2. The predicted octanol–water partition coefficient (Wildman–Crippen LogP) is 2.59. The van der Waals surface area contributed by atoms with Crippen LogP contribution in [0.1, 0.15) is 24.0 Å². The number of aryl methyl sites for hydroxylation is 1. The molecule has 0 radical (unpaired) electrons. The first kappa shape index (κ1) is 11.3. The van der Waals surface area contributed by atoms with Gasteiger partial charge in [0.25, 0.3) is 5.92 Å². The number of rotatable bonds is 2. The molecule has 88 valence electrons. The van der Waals surface area contributed by atoms with Crippen LogP contribution in [-0.4, -0.2) is 13.0 Å². The summed E-state index contributed by atoms with van der Waals surface area (Å²) < 4.78 is 31.1. The molecule has 0 bridgehead atoms. The Kier molecular flexibility index (Phi) is 2.42. The van der Waals surface area contributed by atoms with Crippen molar-refractivity contribution in [3.8, 4) is 5.75 Å². The highest BCUT2D eigenvalue weighted by Crippen LogP contribution is 2.52. The number of hydrogen-bond donors (Lipinski definition) is 1. The van der Waals surface area contributed by atoms with Gasteiger partial charge in [-0.15, -0.1) is 0 Å². The van der Waals surface area contributed by atoms with Crippen LogP contribution in [0.3, 0.4) is 0 Å². The van der Waals surface area contributed by atoms with E-state index in [9.17, 15) is 8.78 Å². The smallest absolute Gasteiger partial charge is 0.252 e. The molecule has 0 atom stereocenters. The number of ether oxygens (including phenoxy) is 1. The minimum Gasteiger partial charge on any atom is -0.496 e. The number of benzene rings is 1. The van der Waals surface area contributed by atoms with Crippen LogP contribution in [0, 0.1) is 6.92 Å². The predicted molar refractivity (Wildman–Crippen MR) is 57.8 cm³/mol. The summed E-state index contributed by atoms with van der Waals surface area (Å²) in [5.74, 6) is -2.04. The number of nitrogens with two attached hydrogens (primary N) is 1. The van der Waals surface area contributed by atoms with Crippen LogP contribution in [0.2, 0.25) is 0 Å². The molecule has 0 aliphatic heterocycles. The van der Waals surface area contributed by atoms with Crippen molar-refractivity contribution in [3.05, 3.63) is 29.3 Å². The van der Waals surface area contributed by atoms with Gasteiger partial charge in [-0.05, 0) is 18.6 Å². The normalized spacial score (nSPS) is 21.3. The third-order valence-corrected chi connectivity index (χ3v) is 3.10. The lowest BCUT2D eigenvalue weighted by Crippen LogP contribution is -2.55. The van der Waals surface area contributed by atoms with Gasteiger partial charge in [0.15, 0.2) is 0 Å². The average molecular weight is 227 g/mol. The van der Waals surface area contributed by atoms with Crippen molar-refractivity contribution < 1.29 is 13.5 Å². The quantitative estimate of drug-likeness (QED) is 0.842. The summed E-state index contributed by atoms with van der Waals surface area (Å²) in [6.45, 7) is 1.86. The second-order valence-corrected chi connectivity index (χ2v) is 4.52. The molecule has 0 spiro atoms. The molecule has 0 aromatic heterocycles. The van der Waals surface area contributed by atoms with Gasteiger partial charge in [0.05, 0.1) is 12.6 Å². The Morgan fingerprint density at radius 2 is 1.94 bits per heavy atom. The Balaban J connectivity index is 2.41. The first-order chi connectivity index (χ1) is 7.38. The monoisotopic (exact) mass is 227 g/mol. The molecule has 0 amide bonds. The Bertz CT molecular complexity index is 409. The molecular weight excluding hydrogens is 212 g/mol. The third kappa shape index (κ3) is 1.67. The van der Waals surface area contributed by atoms with E-state index in [0.29, 0.717) is 11.3 Å². The zero-order chi connectivity index (χ0) is 12.0. The Morgan fingerprint density at radius 1 is 1.31 bits per heavy atom. The van der Waals surface area contributed by atoms with Gasteiger partial charge in [-0.1, -0.05) is 12.1 Å². The highest BCUT2D eigenvalue weighted by atomic mass is 19.3. The summed E-state index contributed by atoms with van der Waals surface area (Å²) in [4.78, 5) is 0. The zero-order valence-corrected chi connectivity index (χ0v) is 9.39. The first-order valence-corrected chi connectivity index (χ1v) is 5.19. The van der Waals surface area contributed by atoms with Gasteiger partial charge in [-0.3, -0.25) is 0 Å². The molecule has 0 unspecified atom stereocenters. The van der Waals surface area contributed by atoms with E-state index >= 15 is 0 Å². The van der Waals surface area contributed by atoms with Gasteiger partial charge in [-0.2, -0.15) is 0 Å². The lowest BCUT2D eigenvalue weighted by atomic mass is 9.68. The van der Waals surface area contributed by atoms with Crippen molar-refractivity contribution in [2.75, 3.05) is 7.11 Å². The summed E-state index contributed by atoms with van der Waals surface area (Å²) in [5.41, 5.74) is 6.68. The summed E-state index contributed by atoms with van der Waals surface area (Å²) in [6, 6.07) is 5.45. The summed E-state index contributed by atoms with van der Waals surface area (Å²) in [6.07, 6.45) is -0.609. The SMILES string of the molecule is COc1cccc(C)c1C1(N)CC(F)(F)C1. The van der Waals surface area contributed by atoms with E-state index in [0.717, 1.165) is 5.56 Å². The van der Waals surface area contributed by atoms with E-state index in [1.54, 1.807) is 6.07 Å². The van der Waals surface area contributed by atoms with Gasteiger partial charge >= 0.3 is 0 Å². The van der Waals surface area contributed by atoms with Gasteiger partial charge in [0.2, 0.25) is 0 Å².